The molecule has 0 saturated carbocycles. The van der Waals surface area contributed by atoms with Crippen LogP contribution in [0, 0.1) is 11.7 Å². The van der Waals surface area contributed by atoms with Gasteiger partial charge in [0.05, 0.1) is 10.8 Å². The third kappa shape index (κ3) is 3.63. The Morgan fingerprint density at radius 3 is 2.68 bits per heavy atom. The Morgan fingerprint density at radius 1 is 1.32 bits per heavy atom. The number of carbonyl (C=O) groups is 1. The van der Waals surface area contributed by atoms with E-state index in [-0.39, 0.29) is 23.9 Å². The van der Waals surface area contributed by atoms with Crippen LogP contribution in [0.1, 0.15) is 0 Å². The average molecular weight is 329 g/mol. The van der Waals surface area contributed by atoms with E-state index in [4.69, 9.17) is 0 Å². The number of hydrogen-bond acceptors (Lipinski definition) is 4. The highest BCUT2D eigenvalue weighted by molar-refractivity contribution is 7.89. The van der Waals surface area contributed by atoms with Crippen LogP contribution in [-0.4, -0.2) is 63.8 Å². The summed E-state index contributed by atoms with van der Waals surface area (Å²) in [5.41, 5.74) is 0. The van der Waals surface area contributed by atoms with Crippen molar-refractivity contribution in [1.82, 2.24) is 14.5 Å². The number of hydrogen-bond donors (Lipinski definition) is 1. The Bertz CT molecular complexity index is 650. The molecule has 1 amide bonds. The van der Waals surface area contributed by atoms with Gasteiger partial charge in [0.2, 0.25) is 15.9 Å². The lowest BCUT2D eigenvalue weighted by atomic mass is 10.1. The minimum absolute atomic E-state index is 0.0862. The molecule has 1 aromatic carbocycles. The van der Waals surface area contributed by atoms with Gasteiger partial charge in [-0.3, -0.25) is 4.79 Å². The standard InChI is InChI=1S/C14H20FN3O3S/c1-16-14(19)11-9-17(2)6-7-18(10-11)22(20,21)13-5-3-4-12(15)8-13/h3-5,8,11H,6-7,9-10H2,1-2H3,(H,16,19). The number of benzene rings is 1. The van der Waals surface area contributed by atoms with E-state index in [9.17, 15) is 17.6 Å². The van der Waals surface area contributed by atoms with Crippen molar-refractivity contribution in [2.75, 3.05) is 40.3 Å². The van der Waals surface area contributed by atoms with Crippen molar-refractivity contribution in [3.05, 3.63) is 30.1 Å². The smallest absolute Gasteiger partial charge is 0.243 e. The van der Waals surface area contributed by atoms with E-state index in [1.54, 1.807) is 0 Å². The summed E-state index contributed by atoms with van der Waals surface area (Å²) in [7, 11) is -0.451. The summed E-state index contributed by atoms with van der Waals surface area (Å²) in [6.07, 6.45) is 0. The molecular weight excluding hydrogens is 309 g/mol. The monoisotopic (exact) mass is 329 g/mol. The highest BCUT2D eigenvalue weighted by Crippen LogP contribution is 2.20. The molecule has 1 atom stereocenters. The molecule has 1 unspecified atom stereocenters. The highest BCUT2D eigenvalue weighted by atomic mass is 32.2. The molecule has 1 aromatic rings. The summed E-state index contributed by atoms with van der Waals surface area (Å²) in [6, 6.07) is 4.92. The minimum atomic E-state index is -3.82. The second kappa shape index (κ2) is 6.72. The van der Waals surface area contributed by atoms with E-state index in [0.717, 1.165) is 6.07 Å². The lowest BCUT2D eigenvalue weighted by molar-refractivity contribution is -0.124. The van der Waals surface area contributed by atoms with Crippen molar-refractivity contribution in [2.24, 2.45) is 5.92 Å². The van der Waals surface area contributed by atoms with Crippen molar-refractivity contribution >= 4 is 15.9 Å². The highest BCUT2D eigenvalue weighted by Gasteiger charge is 2.33. The predicted octanol–water partition coefficient (Wildman–Crippen LogP) is 0.124. The number of halogens is 1. The molecule has 2 rings (SSSR count). The second-order valence-electron chi connectivity index (χ2n) is 5.39. The third-order valence-electron chi connectivity index (χ3n) is 3.74. The first-order valence-electron chi connectivity index (χ1n) is 7.00. The summed E-state index contributed by atoms with van der Waals surface area (Å²) >= 11 is 0. The maximum atomic E-state index is 13.3. The molecule has 0 spiro atoms. The lowest BCUT2D eigenvalue weighted by Crippen LogP contribution is -2.41. The number of sulfonamides is 1. The topological polar surface area (TPSA) is 69.7 Å². The molecule has 1 aliphatic rings. The summed E-state index contributed by atoms with van der Waals surface area (Å²) in [5.74, 6) is -1.26. The van der Waals surface area contributed by atoms with Crippen LogP contribution in [0.3, 0.4) is 0 Å². The van der Waals surface area contributed by atoms with Gasteiger partial charge in [-0.15, -0.1) is 0 Å². The van der Waals surface area contributed by atoms with E-state index in [0.29, 0.717) is 13.1 Å². The molecule has 6 nitrogen and oxygen atoms in total. The van der Waals surface area contributed by atoms with Gasteiger partial charge in [-0.05, 0) is 25.2 Å². The molecule has 122 valence electrons. The molecule has 0 radical (unpaired) electrons. The van der Waals surface area contributed by atoms with Crippen molar-refractivity contribution in [2.45, 2.75) is 4.90 Å². The van der Waals surface area contributed by atoms with Crippen LogP contribution in [-0.2, 0) is 14.8 Å². The van der Waals surface area contributed by atoms with Gasteiger partial charge in [-0.2, -0.15) is 4.31 Å². The van der Waals surface area contributed by atoms with Gasteiger partial charge in [0.15, 0.2) is 0 Å². The normalized spacial score (nSPS) is 21.3. The zero-order valence-electron chi connectivity index (χ0n) is 12.6. The fourth-order valence-electron chi connectivity index (χ4n) is 2.51. The zero-order chi connectivity index (χ0) is 16.3. The number of carbonyl (C=O) groups excluding carboxylic acids is 1. The largest absolute Gasteiger partial charge is 0.359 e. The van der Waals surface area contributed by atoms with Crippen LogP contribution in [0.2, 0.25) is 0 Å². The van der Waals surface area contributed by atoms with Gasteiger partial charge in [0, 0.05) is 33.2 Å². The number of likely N-dealkylation sites (N-methyl/N-ethyl adjacent to an activating group) is 1. The predicted molar refractivity (Wildman–Crippen MR) is 80.2 cm³/mol. The molecule has 22 heavy (non-hydrogen) atoms. The summed E-state index contributed by atoms with van der Waals surface area (Å²) in [4.78, 5) is 13.7. The number of nitrogens with one attached hydrogen (secondary N) is 1. The number of amides is 1. The first-order chi connectivity index (χ1) is 10.3. The average Bonchev–Trinajstić information content (AvgIpc) is 2.68. The molecule has 1 fully saturated rings. The molecule has 0 aliphatic carbocycles. The van der Waals surface area contributed by atoms with E-state index in [2.05, 4.69) is 5.32 Å². The van der Waals surface area contributed by atoms with Gasteiger partial charge >= 0.3 is 0 Å². The summed E-state index contributed by atoms with van der Waals surface area (Å²) < 4.78 is 39.9. The molecule has 1 saturated heterocycles. The van der Waals surface area contributed by atoms with Gasteiger partial charge in [0.1, 0.15) is 5.82 Å². The van der Waals surface area contributed by atoms with Gasteiger partial charge < -0.3 is 10.2 Å². The Balaban J connectivity index is 2.31. The number of nitrogens with zero attached hydrogens (tertiary/aromatic N) is 2. The van der Waals surface area contributed by atoms with Gasteiger partial charge in [-0.1, -0.05) is 6.07 Å². The van der Waals surface area contributed by atoms with Crippen LogP contribution >= 0.6 is 0 Å². The molecule has 1 heterocycles. The Morgan fingerprint density at radius 2 is 2.05 bits per heavy atom. The summed E-state index contributed by atoms with van der Waals surface area (Å²) in [6.45, 7) is 1.35. The van der Waals surface area contributed by atoms with Crippen LogP contribution in [0.25, 0.3) is 0 Å². The van der Waals surface area contributed by atoms with E-state index >= 15 is 0 Å². The SMILES string of the molecule is CNC(=O)C1CN(C)CCN(S(=O)(=O)c2cccc(F)c2)C1. The van der Waals surface area contributed by atoms with Crippen molar-refractivity contribution in [3.8, 4) is 0 Å². The first-order valence-corrected chi connectivity index (χ1v) is 8.44. The molecule has 1 N–H and O–H groups in total. The van der Waals surface area contributed by atoms with Crippen molar-refractivity contribution in [3.63, 3.8) is 0 Å². The molecule has 1 aliphatic heterocycles. The van der Waals surface area contributed by atoms with Gasteiger partial charge in [0.25, 0.3) is 0 Å². The number of rotatable bonds is 3. The second-order valence-corrected chi connectivity index (χ2v) is 7.33. The Labute approximate surface area is 130 Å². The Hall–Kier alpha value is -1.51. The third-order valence-corrected chi connectivity index (χ3v) is 5.60. The zero-order valence-corrected chi connectivity index (χ0v) is 13.4. The minimum Gasteiger partial charge on any atom is -0.359 e. The van der Waals surface area contributed by atoms with Crippen molar-refractivity contribution in [1.29, 1.82) is 0 Å². The van der Waals surface area contributed by atoms with E-state index < -0.39 is 21.8 Å². The maximum Gasteiger partial charge on any atom is 0.243 e. The molecule has 0 aromatic heterocycles. The summed E-state index contributed by atoms with van der Waals surface area (Å²) in [5, 5.41) is 2.56. The maximum absolute atomic E-state index is 13.3. The lowest BCUT2D eigenvalue weighted by Gasteiger charge is -2.22. The van der Waals surface area contributed by atoms with Gasteiger partial charge in [-0.25, -0.2) is 12.8 Å². The van der Waals surface area contributed by atoms with Crippen LogP contribution in [0.15, 0.2) is 29.2 Å². The molecule has 0 bridgehead atoms. The van der Waals surface area contributed by atoms with Crippen LogP contribution in [0.5, 0.6) is 0 Å². The quantitative estimate of drug-likeness (QED) is 0.855. The van der Waals surface area contributed by atoms with Crippen molar-refractivity contribution < 1.29 is 17.6 Å². The van der Waals surface area contributed by atoms with Crippen LogP contribution in [0.4, 0.5) is 4.39 Å². The fraction of sp³-hybridized carbons (Fsp3) is 0.500. The Kier molecular flexibility index (Phi) is 5.15. The molecule has 8 heteroatoms. The van der Waals surface area contributed by atoms with E-state index in [1.807, 2.05) is 11.9 Å². The van der Waals surface area contributed by atoms with Crippen LogP contribution < -0.4 is 5.32 Å². The van der Waals surface area contributed by atoms with E-state index in [1.165, 1.54) is 29.6 Å². The molecular formula is C14H20FN3O3S. The first kappa shape index (κ1) is 16.9. The fourth-order valence-corrected chi connectivity index (χ4v) is 4.02.